The second-order valence-corrected chi connectivity index (χ2v) is 5.64. The van der Waals surface area contributed by atoms with E-state index in [4.69, 9.17) is 9.73 Å². The molecule has 1 saturated heterocycles. The highest BCUT2D eigenvalue weighted by Crippen LogP contribution is 2.32. The number of halogens is 1. The van der Waals surface area contributed by atoms with Crippen molar-refractivity contribution < 1.29 is 9.53 Å². The number of likely N-dealkylation sites (tertiary alicyclic amines) is 1. The van der Waals surface area contributed by atoms with Crippen molar-refractivity contribution in [3.8, 4) is 0 Å². The molecule has 0 spiro atoms. The Balaban J connectivity index is 2.49. The van der Waals surface area contributed by atoms with Crippen LogP contribution in [0.1, 0.15) is 35.7 Å². The summed E-state index contributed by atoms with van der Waals surface area (Å²) in [6.45, 7) is 6.14. The van der Waals surface area contributed by atoms with Crippen molar-refractivity contribution in [2.24, 2.45) is 4.99 Å². The summed E-state index contributed by atoms with van der Waals surface area (Å²) in [5, 5.41) is 0. The summed E-state index contributed by atoms with van der Waals surface area (Å²) in [6, 6.07) is 3.61. The molecule has 1 aliphatic heterocycles. The first-order valence-electron chi connectivity index (χ1n) is 6.78. The van der Waals surface area contributed by atoms with E-state index in [9.17, 15) is 4.79 Å². The highest BCUT2D eigenvalue weighted by molar-refractivity contribution is 9.10. The zero-order chi connectivity index (χ0) is 14.7. The maximum absolute atomic E-state index is 11.9. The summed E-state index contributed by atoms with van der Waals surface area (Å²) in [4.78, 5) is 18.9. The number of carbonyl (C=O) groups is 1. The maximum atomic E-state index is 11.9. The molecule has 0 aliphatic carbocycles. The molecule has 2 rings (SSSR count). The van der Waals surface area contributed by atoms with Crippen molar-refractivity contribution in [2.75, 3.05) is 20.2 Å². The number of amidine groups is 1. The third kappa shape index (κ3) is 2.87. The molecule has 1 aromatic rings. The van der Waals surface area contributed by atoms with E-state index in [1.165, 1.54) is 13.5 Å². The van der Waals surface area contributed by atoms with E-state index in [0.29, 0.717) is 11.3 Å². The Hall–Kier alpha value is -1.36. The lowest BCUT2D eigenvalue weighted by molar-refractivity contribution is 0.0601. The van der Waals surface area contributed by atoms with Crippen molar-refractivity contribution in [3.05, 3.63) is 27.7 Å². The first kappa shape index (κ1) is 15.0. The lowest BCUT2D eigenvalue weighted by atomic mass is 10.1. The van der Waals surface area contributed by atoms with Crippen LogP contribution in [0.15, 0.2) is 21.6 Å². The third-order valence-electron chi connectivity index (χ3n) is 3.55. The van der Waals surface area contributed by atoms with E-state index in [0.717, 1.165) is 35.4 Å². The van der Waals surface area contributed by atoms with Crippen LogP contribution in [0, 0.1) is 6.92 Å². The number of rotatable bonds is 3. The molecule has 20 heavy (non-hydrogen) atoms. The van der Waals surface area contributed by atoms with Crippen LogP contribution < -0.4 is 0 Å². The first-order chi connectivity index (χ1) is 9.58. The Bertz CT molecular complexity index is 551. The highest BCUT2D eigenvalue weighted by atomic mass is 79.9. The smallest absolute Gasteiger partial charge is 0.340 e. The quantitative estimate of drug-likeness (QED) is 0.479. The predicted molar refractivity (Wildman–Crippen MR) is 83.8 cm³/mol. The number of hydrogen-bond acceptors (Lipinski definition) is 3. The van der Waals surface area contributed by atoms with Crippen LogP contribution >= 0.6 is 15.9 Å². The summed E-state index contributed by atoms with van der Waals surface area (Å²) in [5.74, 6) is 0.681. The van der Waals surface area contributed by atoms with Gasteiger partial charge >= 0.3 is 5.97 Å². The Morgan fingerprint density at radius 3 is 2.65 bits per heavy atom. The Morgan fingerprint density at radius 2 is 2.15 bits per heavy atom. The summed E-state index contributed by atoms with van der Waals surface area (Å²) < 4.78 is 5.80. The Kier molecular flexibility index (Phi) is 4.81. The van der Waals surface area contributed by atoms with E-state index in [1.807, 2.05) is 13.0 Å². The van der Waals surface area contributed by atoms with Gasteiger partial charge in [-0.2, -0.15) is 0 Å². The number of carbonyl (C=O) groups excluding carboxylic acids is 1. The van der Waals surface area contributed by atoms with Crippen molar-refractivity contribution in [1.82, 2.24) is 4.90 Å². The van der Waals surface area contributed by atoms with E-state index in [2.05, 4.69) is 27.8 Å². The van der Waals surface area contributed by atoms with Crippen LogP contribution in [0.4, 0.5) is 5.69 Å². The lowest BCUT2D eigenvalue weighted by Gasteiger charge is -2.34. The van der Waals surface area contributed by atoms with Gasteiger partial charge in [-0.15, -0.1) is 0 Å². The summed E-state index contributed by atoms with van der Waals surface area (Å²) in [7, 11) is 1.39. The molecule has 0 aromatic heterocycles. The number of benzene rings is 1. The topological polar surface area (TPSA) is 41.9 Å². The molecule has 0 radical (unpaired) electrons. The molecule has 108 valence electrons. The van der Waals surface area contributed by atoms with Gasteiger partial charge in [0.2, 0.25) is 0 Å². The second kappa shape index (κ2) is 6.39. The summed E-state index contributed by atoms with van der Waals surface area (Å²) >= 11 is 3.50. The summed E-state index contributed by atoms with van der Waals surface area (Å²) in [6.07, 6.45) is 2.06. The molecular formula is C15H19BrN2O2. The molecule has 0 saturated carbocycles. The fourth-order valence-electron chi connectivity index (χ4n) is 2.17. The van der Waals surface area contributed by atoms with Gasteiger partial charge in [-0.3, -0.25) is 0 Å². The van der Waals surface area contributed by atoms with Gasteiger partial charge in [0, 0.05) is 24.0 Å². The fourth-order valence-corrected chi connectivity index (χ4v) is 2.49. The molecule has 1 fully saturated rings. The highest BCUT2D eigenvalue weighted by Gasteiger charge is 2.20. The molecule has 0 unspecified atom stereocenters. The zero-order valence-corrected chi connectivity index (χ0v) is 13.7. The first-order valence-corrected chi connectivity index (χ1v) is 7.57. The Morgan fingerprint density at radius 1 is 1.45 bits per heavy atom. The van der Waals surface area contributed by atoms with Crippen LogP contribution in [0.3, 0.4) is 0 Å². The number of hydrogen-bond donors (Lipinski definition) is 0. The molecule has 0 N–H and O–H groups in total. The molecule has 0 atom stereocenters. The molecule has 1 aliphatic rings. The van der Waals surface area contributed by atoms with Gasteiger partial charge in [-0.05, 0) is 31.0 Å². The molecule has 0 bridgehead atoms. The Labute approximate surface area is 128 Å². The van der Waals surface area contributed by atoms with E-state index < -0.39 is 0 Å². The van der Waals surface area contributed by atoms with E-state index in [1.54, 1.807) is 6.07 Å². The van der Waals surface area contributed by atoms with Crippen molar-refractivity contribution in [2.45, 2.75) is 26.7 Å². The molecule has 1 heterocycles. The van der Waals surface area contributed by atoms with Gasteiger partial charge in [-0.1, -0.05) is 22.9 Å². The van der Waals surface area contributed by atoms with Gasteiger partial charge < -0.3 is 9.64 Å². The fraction of sp³-hybridized carbons (Fsp3) is 0.467. The third-order valence-corrected chi connectivity index (χ3v) is 4.41. The number of methoxy groups -OCH3 is 1. The van der Waals surface area contributed by atoms with Gasteiger partial charge in [0.15, 0.2) is 0 Å². The average Bonchev–Trinajstić information content (AvgIpc) is 2.40. The van der Waals surface area contributed by atoms with Crippen LogP contribution in [0.25, 0.3) is 0 Å². The summed E-state index contributed by atoms with van der Waals surface area (Å²) in [5.41, 5.74) is 2.18. The predicted octanol–water partition coefficient (Wildman–Crippen LogP) is 3.69. The van der Waals surface area contributed by atoms with Crippen LogP contribution in [-0.2, 0) is 4.74 Å². The normalized spacial score (nSPS) is 15.0. The second-order valence-electron chi connectivity index (χ2n) is 4.78. The maximum Gasteiger partial charge on any atom is 0.340 e. The van der Waals surface area contributed by atoms with Crippen LogP contribution in [0.2, 0.25) is 0 Å². The average molecular weight is 339 g/mol. The molecule has 0 amide bonds. The SMILES string of the molecule is CCC(=Nc1c(C(=O)OC)ccc(Br)c1C)N1CCC1. The standard InChI is InChI=1S/C15H19BrN2O2/c1-4-13(18-8-5-9-18)17-14-10(2)12(16)7-6-11(14)15(19)20-3/h6-7H,4-5,8-9H2,1-3H3. The van der Waals surface area contributed by atoms with Crippen LogP contribution in [0.5, 0.6) is 0 Å². The van der Waals surface area contributed by atoms with Gasteiger partial charge in [-0.25, -0.2) is 9.79 Å². The minimum absolute atomic E-state index is 0.349. The van der Waals surface area contributed by atoms with Gasteiger partial charge in [0.1, 0.15) is 5.84 Å². The van der Waals surface area contributed by atoms with Crippen molar-refractivity contribution >= 4 is 33.4 Å². The molecule has 1 aromatic carbocycles. The molecular weight excluding hydrogens is 320 g/mol. The zero-order valence-electron chi connectivity index (χ0n) is 12.1. The van der Waals surface area contributed by atoms with Crippen molar-refractivity contribution in [3.63, 3.8) is 0 Å². The van der Waals surface area contributed by atoms with Crippen molar-refractivity contribution in [1.29, 1.82) is 0 Å². The minimum Gasteiger partial charge on any atom is -0.465 e. The molecule has 4 nitrogen and oxygen atoms in total. The van der Waals surface area contributed by atoms with Gasteiger partial charge in [0.05, 0.1) is 18.4 Å². The largest absolute Gasteiger partial charge is 0.465 e. The number of aliphatic imine (C=N–C) groups is 1. The number of ether oxygens (including phenoxy) is 1. The monoisotopic (exact) mass is 338 g/mol. The number of esters is 1. The minimum atomic E-state index is -0.349. The van der Waals surface area contributed by atoms with E-state index >= 15 is 0 Å². The number of nitrogens with zero attached hydrogens (tertiary/aromatic N) is 2. The van der Waals surface area contributed by atoms with Crippen LogP contribution in [-0.4, -0.2) is 36.9 Å². The molecule has 5 heteroatoms. The lowest BCUT2D eigenvalue weighted by Crippen LogP contribution is -2.41. The van der Waals surface area contributed by atoms with Gasteiger partial charge in [0.25, 0.3) is 0 Å². The van der Waals surface area contributed by atoms with E-state index in [-0.39, 0.29) is 5.97 Å².